The first-order chi connectivity index (χ1) is 7.37. The molecule has 0 aromatic heterocycles. The molecule has 1 radical (unpaired) electrons. The van der Waals surface area contributed by atoms with Gasteiger partial charge in [-0.2, -0.15) is 0 Å². The topological polar surface area (TPSA) is 93.1 Å². The Bertz CT molecular complexity index is 330. The Morgan fingerprint density at radius 2 is 2.19 bits per heavy atom. The Kier molecular flexibility index (Phi) is 3.53. The van der Waals surface area contributed by atoms with Gasteiger partial charge < -0.3 is 19.3 Å². The molecule has 1 unspecified atom stereocenters. The molecule has 1 amide bonds. The number of hydrogen-bond acceptors (Lipinski definition) is 5. The number of nitrogens with zero attached hydrogens (tertiary/aromatic N) is 1. The Morgan fingerprint density at radius 3 is 2.62 bits per heavy atom. The lowest BCUT2D eigenvalue weighted by Crippen LogP contribution is -2.51. The Balaban J connectivity index is 2.84. The van der Waals surface area contributed by atoms with Gasteiger partial charge in [0.25, 0.3) is 5.97 Å². The first-order valence-corrected chi connectivity index (χ1v) is 4.50. The van der Waals surface area contributed by atoms with Crippen molar-refractivity contribution in [3.05, 3.63) is 0 Å². The lowest BCUT2D eigenvalue weighted by molar-refractivity contribution is -0.171. The number of rotatable bonds is 3. The fourth-order valence-corrected chi connectivity index (χ4v) is 1.19. The highest BCUT2D eigenvalue weighted by molar-refractivity contribution is 6.25. The number of carbonyl (C=O) groups is 3. The third kappa shape index (κ3) is 2.51. The molecule has 7 nitrogen and oxygen atoms in total. The van der Waals surface area contributed by atoms with Crippen molar-refractivity contribution in [2.75, 3.05) is 14.1 Å². The molecular formula is C8H11BNO6. The molecule has 87 valence electrons. The van der Waals surface area contributed by atoms with E-state index in [2.05, 4.69) is 4.65 Å². The van der Waals surface area contributed by atoms with Gasteiger partial charge in [-0.25, -0.2) is 4.79 Å². The number of carboxylic acids is 1. The van der Waals surface area contributed by atoms with Crippen LogP contribution in [0, 0.1) is 0 Å². The minimum atomic E-state index is -1.85. The molecule has 1 aliphatic heterocycles. The summed E-state index contributed by atoms with van der Waals surface area (Å²) in [7, 11) is 3.63. The van der Waals surface area contributed by atoms with E-state index in [-0.39, 0.29) is 0 Å². The van der Waals surface area contributed by atoms with Crippen molar-refractivity contribution in [1.29, 1.82) is 0 Å². The predicted molar refractivity (Wildman–Crippen MR) is 51.2 cm³/mol. The molecular weight excluding hydrogens is 217 g/mol. The molecule has 0 aromatic rings. The van der Waals surface area contributed by atoms with E-state index < -0.39 is 36.3 Å². The van der Waals surface area contributed by atoms with E-state index >= 15 is 0 Å². The molecule has 0 aromatic carbocycles. The largest absolute Gasteiger partial charge is 0.575 e. The van der Waals surface area contributed by atoms with E-state index in [1.54, 1.807) is 0 Å². The van der Waals surface area contributed by atoms with Crippen LogP contribution in [0.2, 0.25) is 0 Å². The maximum atomic E-state index is 11.4. The van der Waals surface area contributed by atoms with Crippen molar-refractivity contribution in [2.45, 2.75) is 18.4 Å². The maximum Gasteiger partial charge on any atom is 0.575 e. The van der Waals surface area contributed by atoms with Gasteiger partial charge in [-0.15, -0.1) is 0 Å². The molecule has 1 atom stereocenters. The Morgan fingerprint density at radius 1 is 1.56 bits per heavy atom. The second-order valence-electron chi connectivity index (χ2n) is 3.65. The summed E-state index contributed by atoms with van der Waals surface area (Å²) in [4.78, 5) is 34.7. The third-order valence-corrected chi connectivity index (χ3v) is 2.21. The third-order valence-electron chi connectivity index (χ3n) is 2.21. The molecule has 1 saturated heterocycles. The Labute approximate surface area is 92.6 Å². The highest BCUT2D eigenvalue weighted by Gasteiger charge is 2.47. The summed E-state index contributed by atoms with van der Waals surface area (Å²) < 4.78 is 9.15. The number of carboxylic acid groups (broad SMARTS) is 1. The lowest BCUT2D eigenvalue weighted by Gasteiger charge is -2.31. The summed E-state index contributed by atoms with van der Waals surface area (Å²) in [6.45, 7) is 0. The van der Waals surface area contributed by atoms with Gasteiger partial charge in [0.1, 0.15) is 0 Å². The molecule has 1 rings (SSSR count). The summed E-state index contributed by atoms with van der Waals surface area (Å²) >= 11 is 0. The van der Waals surface area contributed by atoms with Crippen LogP contribution in [0.25, 0.3) is 0 Å². The van der Waals surface area contributed by atoms with E-state index in [1.165, 1.54) is 19.0 Å². The second kappa shape index (κ2) is 4.52. The van der Waals surface area contributed by atoms with Crippen LogP contribution in [0.4, 0.5) is 0 Å². The van der Waals surface area contributed by atoms with Crippen molar-refractivity contribution in [3.8, 4) is 0 Å². The zero-order valence-electron chi connectivity index (χ0n) is 8.93. The van der Waals surface area contributed by atoms with Crippen molar-refractivity contribution in [2.24, 2.45) is 0 Å². The standard InChI is InChI=1S/C8H11BNO6/c1-10(2)5(11)3-8(7(13)14)4-6(12)15-9-16-8/h3-4H2,1-2H3,(H,13,14). The minimum Gasteiger partial charge on any atom is -0.511 e. The van der Waals surface area contributed by atoms with Crippen molar-refractivity contribution >= 4 is 25.5 Å². The number of aliphatic carboxylic acids is 1. The van der Waals surface area contributed by atoms with Crippen LogP contribution in [0.5, 0.6) is 0 Å². The highest BCUT2D eigenvalue weighted by Crippen LogP contribution is 2.25. The summed E-state index contributed by atoms with van der Waals surface area (Å²) in [6.07, 6.45) is -0.903. The zero-order valence-corrected chi connectivity index (χ0v) is 8.93. The summed E-state index contributed by atoms with van der Waals surface area (Å²) in [6, 6.07) is 0. The molecule has 16 heavy (non-hydrogen) atoms. The van der Waals surface area contributed by atoms with Crippen LogP contribution in [0.15, 0.2) is 0 Å². The summed E-state index contributed by atoms with van der Waals surface area (Å²) in [5.74, 6) is -2.54. The molecule has 8 heteroatoms. The fraction of sp³-hybridized carbons (Fsp3) is 0.625. The number of hydrogen-bond donors (Lipinski definition) is 1. The van der Waals surface area contributed by atoms with Gasteiger partial charge in [0, 0.05) is 14.1 Å². The average molecular weight is 228 g/mol. The van der Waals surface area contributed by atoms with Gasteiger partial charge in [-0.3, -0.25) is 9.59 Å². The molecule has 1 heterocycles. The van der Waals surface area contributed by atoms with Gasteiger partial charge in [-0.1, -0.05) is 0 Å². The second-order valence-corrected chi connectivity index (χ2v) is 3.65. The smallest absolute Gasteiger partial charge is 0.511 e. The van der Waals surface area contributed by atoms with Crippen molar-refractivity contribution < 1.29 is 28.8 Å². The quantitative estimate of drug-likeness (QED) is 0.609. The van der Waals surface area contributed by atoms with Crippen LogP contribution in [-0.2, 0) is 23.7 Å². The first-order valence-electron chi connectivity index (χ1n) is 4.50. The van der Waals surface area contributed by atoms with Crippen LogP contribution in [0.1, 0.15) is 12.8 Å². The van der Waals surface area contributed by atoms with Gasteiger partial charge in [0.05, 0.1) is 12.8 Å². The first kappa shape index (κ1) is 12.5. The minimum absolute atomic E-state index is 0.416. The molecule has 0 aliphatic carbocycles. The van der Waals surface area contributed by atoms with Gasteiger partial charge in [-0.05, 0) is 0 Å². The van der Waals surface area contributed by atoms with E-state index in [4.69, 9.17) is 9.76 Å². The van der Waals surface area contributed by atoms with Crippen LogP contribution >= 0.6 is 0 Å². The van der Waals surface area contributed by atoms with E-state index in [9.17, 15) is 14.4 Å². The predicted octanol–water partition coefficient (Wildman–Crippen LogP) is -1.21. The van der Waals surface area contributed by atoms with E-state index in [0.717, 1.165) is 0 Å². The lowest BCUT2D eigenvalue weighted by atomic mass is 9.91. The van der Waals surface area contributed by atoms with Crippen molar-refractivity contribution in [3.63, 3.8) is 0 Å². The zero-order chi connectivity index (χ0) is 12.3. The van der Waals surface area contributed by atoms with Gasteiger partial charge in [0.15, 0.2) is 5.60 Å². The van der Waals surface area contributed by atoms with Gasteiger partial charge >= 0.3 is 13.7 Å². The molecule has 1 N–H and O–H groups in total. The van der Waals surface area contributed by atoms with E-state index in [1.807, 2.05) is 0 Å². The summed E-state index contributed by atoms with van der Waals surface area (Å²) in [5.41, 5.74) is -1.85. The summed E-state index contributed by atoms with van der Waals surface area (Å²) in [5, 5.41) is 9.01. The molecule has 0 bridgehead atoms. The average Bonchev–Trinajstić information content (AvgIpc) is 2.17. The fourth-order valence-electron chi connectivity index (χ4n) is 1.19. The van der Waals surface area contributed by atoms with Crippen LogP contribution in [-0.4, -0.2) is 55.2 Å². The SMILES string of the molecule is CN(C)C(=O)CC1(C(=O)O)CC(=O)O[B]O1. The van der Waals surface area contributed by atoms with Gasteiger partial charge in [0.2, 0.25) is 5.91 Å². The number of carbonyl (C=O) groups excluding carboxylic acids is 2. The Hall–Kier alpha value is -1.57. The molecule has 0 spiro atoms. The highest BCUT2D eigenvalue weighted by atomic mass is 16.6. The molecule has 1 aliphatic rings. The normalized spacial score (nSPS) is 24.2. The van der Waals surface area contributed by atoms with E-state index in [0.29, 0.717) is 7.69 Å². The van der Waals surface area contributed by atoms with Crippen LogP contribution in [0.3, 0.4) is 0 Å². The monoisotopic (exact) mass is 228 g/mol. The molecule has 1 fully saturated rings. The maximum absolute atomic E-state index is 11.4. The van der Waals surface area contributed by atoms with Crippen LogP contribution < -0.4 is 0 Å². The molecule has 0 saturated carbocycles. The van der Waals surface area contributed by atoms with Crippen molar-refractivity contribution in [1.82, 2.24) is 4.90 Å². The number of amides is 1.